The summed E-state index contributed by atoms with van der Waals surface area (Å²) in [5, 5.41) is 0.161. The normalized spacial score (nSPS) is 23.4. The van der Waals surface area contributed by atoms with Gasteiger partial charge in [-0.15, -0.1) is 0 Å². The number of hydrogen-bond acceptors (Lipinski definition) is 3. The molecule has 0 radical (unpaired) electrons. The van der Waals surface area contributed by atoms with Gasteiger partial charge in [-0.1, -0.05) is 29.6 Å². The van der Waals surface area contributed by atoms with E-state index in [1.54, 1.807) is 0 Å². The number of piperazine rings is 1. The molecule has 1 atom stereocenters. The van der Waals surface area contributed by atoms with E-state index in [1.165, 1.54) is 6.07 Å². The molecule has 2 aliphatic rings. The summed E-state index contributed by atoms with van der Waals surface area (Å²) in [7, 11) is 0. The zero-order valence-electron chi connectivity index (χ0n) is 11.1. The SMILES string of the molecule is O=C1CN2CCCCC2C(=O)N1c1cc(Cl)c(Cl)cc1F. The molecular formula is C14H13Cl2FN2O2. The van der Waals surface area contributed by atoms with Gasteiger partial charge in [0, 0.05) is 0 Å². The topological polar surface area (TPSA) is 40.6 Å². The monoisotopic (exact) mass is 330 g/mol. The Kier molecular flexibility index (Phi) is 3.90. The highest BCUT2D eigenvalue weighted by molar-refractivity contribution is 6.42. The number of amides is 2. The van der Waals surface area contributed by atoms with E-state index >= 15 is 0 Å². The van der Waals surface area contributed by atoms with Crippen LogP contribution < -0.4 is 4.90 Å². The Labute approximate surface area is 131 Å². The molecule has 21 heavy (non-hydrogen) atoms. The number of halogens is 3. The Bertz CT molecular complexity index is 623. The second-order valence-electron chi connectivity index (χ2n) is 5.27. The van der Waals surface area contributed by atoms with Gasteiger partial charge in [-0.05, 0) is 31.5 Å². The number of imide groups is 1. The van der Waals surface area contributed by atoms with Crippen LogP contribution in [0.2, 0.25) is 10.0 Å². The first-order chi connectivity index (χ1) is 9.99. The predicted octanol–water partition coefficient (Wildman–Crippen LogP) is 2.86. The molecule has 0 N–H and O–H groups in total. The van der Waals surface area contributed by atoms with Crippen LogP contribution >= 0.6 is 23.2 Å². The van der Waals surface area contributed by atoms with Gasteiger partial charge in [0.05, 0.1) is 28.3 Å². The van der Waals surface area contributed by atoms with Crippen LogP contribution in [0.5, 0.6) is 0 Å². The van der Waals surface area contributed by atoms with Gasteiger partial charge >= 0.3 is 0 Å². The van der Waals surface area contributed by atoms with Crippen molar-refractivity contribution >= 4 is 40.7 Å². The lowest BCUT2D eigenvalue weighted by molar-refractivity contribution is -0.137. The van der Waals surface area contributed by atoms with Crippen LogP contribution in [-0.2, 0) is 9.59 Å². The third-order valence-electron chi connectivity index (χ3n) is 3.94. The van der Waals surface area contributed by atoms with E-state index in [4.69, 9.17) is 23.2 Å². The Balaban J connectivity index is 1.99. The lowest BCUT2D eigenvalue weighted by Crippen LogP contribution is -2.61. The van der Waals surface area contributed by atoms with Gasteiger partial charge in [-0.2, -0.15) is 0 Å². The maximum absolute atomic E-state index is 14.1. The molecule has 2 amide bonds. The molecule has 0 aromatic heterocycles. The smallest absolute Gasteiger partial charge is 0.251 e. The number of rotatable bonds is 1. The van der Waals surface area contributed by atoms with E-state index in [9.17, 15) is 14.0 Å². The van der Waals surface area contributed by atoms with Gasteiger partial charge in [0.15, 0.2) is 0 Å². The van der Waals surface area contributed by atoms with Crippen molar-refractivity contribution in [3.05, 3.63) is 28.0 Å². The molecule has 7 heteroatoms. The standard InChI is InChI=1S/C14H13Cl2FN2O2/c15-8-5-10(17)12(6-9(8)16)19-13(20)7-18-4-2-1-3-11(18)14(19)21/h5-6,11H,1-4,7H2. The van der Waals surface area contributed by atoms with E-state index in [-0.39, 0.29) is 34.2 Å². The third kappa shape index (κ3) is 2.54. The Morgan fingerprint density at radius 1 is 1.14 bits per heavy atom. The summed E-state index contributed by atoms with van der Waals surface area (Å²) in [6, 6.07) is 1.89. The van der Waals surface area contributed by atoms with E-state index in [1.807, 2.05) is 4.90 Å². The van der Waals surface area contributed by atoms with Crippen molar-refractivity contribution in [1.29, 1.82) is 0 Å². The summed E-state index contributed by atoms with van der Waals surface area (Å²) in [4.78, 5) is 27.5. The molecule has 0 aliphatic carbocycles. The molecule has 4 nitrogen and oxygen atoms in total. The first-order valence-corrected chi connectivity index (χ1v) is 7.50. The molecule has 2 saturated heterocycles. The lowest BCUT2D eigenvalue weighted by atomic mass is 9.98. The van der Waals surface area contributed by atoms with E-state index in [2.05, 4.69) is 0 Å². The number of benzene rings is 1. The molecule has 0 bridgehead atoms. The Hall–Kier alpha value is -1.17. The highest BCUT2D eigenvalue weighted by Crippen LogP contribution is 2.33. The molecule has 1 unspecified atom stereocenters. The van der Waals surface area contributed by atoms with Crippen molar-refractivity contribution in [1.82, 2.24) is 4.90 Å². The molecule has 3 rings (SSSR count). The summed E-state index contributed by atoms with van der Waals surface area (Å²) in [6.07, 6.45) is 2.59. The van der Waals surface area contributed by atoms with Gasteiger partial charge < -0.3 is 0 Å². The van der Waals surface area contributed by atoms with Gasteiger partial charge in [0.2, 0.25) is 5.91 Å². The summed E-state index contributed by atoms with van der Waals surface area (Å²) in [5.74, 6) is -1.55. The summed E-state index contributed by atoms with van der Waals surface area (Å²) < 4.78 is 14.1. The second kappa shape index (κ2) is 5.55. The zero-order valence-corrected chi connectivity index (χ0v) is 12.6. The van der Waals surface area contributed by atoms with E-state index in [0.717, 1.165) is 30.4 Å². The fraction of sp³-hybridized carbons (Fsp3) is 0.429. The number of carbonyl (C=O) groups is 2. The quantitative estimate of drug-likeness (QED) is 0.587. The number of piperidine rings is 1. The van der Waals surface area contributed by atoms with Crippen molar-refractivity contribution in [3.8, 4) is 0 Å². The maximum Gasteiger partial charge on any atom is 0.251 e. The van der Waals surface area contributed by atoms with Crippen LogP contribution in [0, 0.1) is 5.82 Å². The number of fused-ring (bicyclic) bond motifs is 1. The van der Waals surface area contributed by atoms with Crippen LogP contribution in [0.15, 0.2) is 12.1 Å². The summed E-state index contributed by atoms with van der Waals surface area (Å²) in [6.45, 7) is 0.843. The van der Waals surface area contributed by atoms with Gasteiger partial charge in [-0.3, -0.25) is 14.5 Å². The minimum atomic E-state index is -0.727. The van der Waals surface area contributed by atoms with Gasteiger partial charge in [0.25, 0.3) is 5.91 Å². The van der Waals surface area contributed by atoms with Crippen molar-refractivity contribution in [2.24, 2.45) is 0 Å². The van der Waals surface area contributed by atoms with Crippen molar-refractivity contribution in [3.63, 3.8) is 0 Å². The van der Waals surface area contributed by atoms with Gasteiger partial charge in [0.1, 0.15) is 5.82 Å². The molecular weight excluding hydrogens is 318 g/mol. The summed E-state index contributed by atoms with van der Waals surface area (Å²) in [5.41, 5.74) is -0.121. The Morgan fingerprint density at radius 3 is 2.62 bits per heavy atom. The molecule has 0 saturated carbocycles. The van der Waals surface area contributed by atoms with Crippen LogP contribution in [-0.4, -0.2) is 35.8 Å². The maximum atomic E-state index is 14.1. The zero-order chi connectivity index (χ0) is 15.1. The van der Waals surface area contributed by atoms with Crippen LogP contribution in [0.25, 0.3) is 0 Å². The first kappa shape index (κ1) is 14.8. The molecule has 1 aromatic carbocycles. The molecule has 112 valence electrons. The third-order valence-corrected chi connectivity index (χ3v) is 4.66. The Morgan fingerprint density at radius 2 is 1.86 bits per heavy atom. The van der Waals surface area contributed by atoms with Crippen LogP contribution in [0.4, 0.5) is 10.1 Å². The predicted molar refractivity (Wildman–Crippen MR) is 78.1 cm³/mol. The minimum absolute atomic E-state index is 0.0501. The first-order valence-electron chi connectivity index (χ1n) is 6.74. The number of hydrogen-bond donors (Lipinski definition) is 0. The van der Waals surface area contributed by atoms with E-state index in [0.29, 0.717) is 6.42 Å². The molecule has 2 heterocycles. The van der Waals surface area contributed by atoms with Crippen molar-refractivity contribution < 1.29 is 14.0 Å². The highest BCUT2D eigenvalue weighted by Gasteiger charge is 2.42. The highest BCUT2D eigenvalue weighted by atomic mass is 35.5. The minimum Gasteiger partial charge on any atom is -0.283 e. The van der Waals surface area contributed by atoms with Crippen LogP contribution in [0.3, 0.4) is 0 Å². The van der Waals surface area contributed by atoms with Crippen LogP contribution in [0.1, 0.15) is 19.3 Å². The fourth-order valence-corrected chi connectivity index (χ4v) is 3.22. The fourth-order valence-electron chi connectivity index (χ4n) is 2.91. The second-order valence-corrected chi connectivity index (χ2v) is 6.08. The molecule has 1 aromatic rings. The largest absolute Gasteiger partial charge is 0.283 e. The number of carbonyl (C=O) groups excluding carboxylic acids is 2. The number of nitrogens with zero attached hydrogens (tertiary/aromatic N) is 2. The summed E-state index contributed by atoms with van der Waals surface area (Å²) >= 11 is 11.6. The molecule has 0 spiro atoms. The number of anilines is 1. The van der Waals surface area contributed by atoms with E-state index < -0.39 is 11.7 Å². The average Bonchev–Trinajstić information content (AvgIpc) is 2.44. The van der Waals surface area contributed by atoms with Crippen molar-refractivity contribution in [2.45, 2.75) is 25.3 Å². The lowest BCUT2D eigenvalue weighted by Gasteiger charge is -2.41. The average molecular weight is 331 g/mol. The molecule has 2 fully saturated rings. The van der Waals surface area contributed by atoms with Crippen molar-refractivity contribution in [2.75, 3.05) is 18.0 Å². The molecule has 2 aliphatic heterocycles. The van der Waals surface area contributed by atoms with Gasteiger partial charge in [-0.25, -0.2) is 9.29 Å².